The summed E-state index contributed by atoms with van der Waals surface area (Å²) in [5.41, 5.74) is 1.59. The van der Waals surface area contributed by atoms with Crippen LogP contribution in [0.25, 0.3) is 11.8 Å². The Morgan fingerprint density at radius 1 is 1.15 bits per heavy atom. The lowest BCUT2D eigenvalue weighted by atomic mass is 10.2. The monoisotopic (exact) mass is 388 g/mol. The fraction of sp³-hybridized carbons (Fsp3) is 0.0588. The number of amides is 1. The van der Waals surface area contributed by atoms with Gasteiger partial charge >= 0.3 is 11.9 Å². The number of thiocarbonyl (C=S) groups is 1. The zero-order valence-electron chi connectivity index (χ0n) is 13.2. The maximum Gasteiger partial charge on any atom is 0.335 e. The van der Waals surface area contributed by atoms with Crippen LogP contribution in [0.15, 0.2) is 47.5 Å². The predicted molar refractivity (Wildman–Crippen MR) is 100 cm³/mol. The molecule has 132 valence electrons. The largest absolute Gasteiger partial charge is 0.480 e. The first-order valence-electron chi connectivity index (χ1n) is 7.35. The quantitative estimate of drug-likeness (QED) is 0.599. The normalized spacial score (nSPS) is 15.7. The average molecular weight is 388 g/mol. The van der Waals surface area contributed by atoms with Crippen LogP contribution in [0.1, 0.15) is 16.1 Å². The molecule has 3 rings (SSSR count). The topological polar surface area (TPSA) is 99.8 Å². The van der Waals surface area contributed by atoms with Gasteiger partial charge in [0.2, 0.25) is 0 Å². The van der Waals surface area contributed by atoms with Crippen molar-refractivity contribution in [2.24, 2.45) is 0 Å². The van der Waals surface area contributed by atoms with Gasteiger partial charge in [-0.3, -0.25) is 14.5 Å². The van der Waals surface area contributed by atoms with Gasteiger partial charge in [0.05, 0.1) is 10.5 Å². The highest BCUT2D eigenvalue weighted by atomic mass is 32.2. The Hall–Kier alpha value is -2.91. The summed E-state index contributed by atoms with van der Waals surface area (Å²) in [5, 5.41) is 17.9. The average Bonchev–Trinajstić information content (AvgIpc) is 3.15. The second-order valence-corrected chi connectivity index (χ2v) is 6.99. The highest BCUT2D eigenvalue weighted by molar-refractivity contribution is 8.26. The summed E-state index contributed by atoms with van der Waals surface area (Å²) in [6.45, 7) is -0.473. The number of aromatic nitrogens is 1. The molecule has 1 aromatic carbocycles. The maximum absolute atomic E-state index is 12.4. The number of aromatic carboxylic acids is 1. The third kappa shape index (κ3) is 3.53. The Bertz CT molecular complexity index is 946. The van der Waals surface area contributed by atoms with Crippen molar-refractivity contribution in [2.45, 2.75) is 0 Å². The van der Waals surface area contributed by atoms with E-state index in [1.54, 1.807) is 41.1 Å². The minimum Gasteiger partial charge on any atom is -0.480 e. The SMILES string of the molecule is O=C(O)CN1C(=O)/C(=C\c2cccn2-c2ccc(C(=O)O)cc2)SC1=S. The summed E-state index contributed by atoms with van der Waals surface area (Å²) in [4.78, 5) is 35.5. The number of carbonyl (C=O) groups excluding carboxylic acids is 1. The molecule has 26 heavy (non-hydrogen) atoms. The third-order valence-corrected chi connectivity index (χ3v) is 5.00. The van der Waals surface area contributed by atoms with Crippen LogP contribution in [0.5, 0.6) is 0 Å². The van der Waals surface area contributed by atoms with Crippen molar-refractivity contribution in [1.82, 2.24) is 9.47 Å². The molecule has 7 nitrogen and oxygen atoms in total. The highest BCUT2D eigenvalue weighted by Crippen LogP contribution is 2.32. The molecular weight excluding hydrogens is 376 g/mol. The van der Waals surface area contributed by atoms with E-state index in [4.69, 9.17) is 22.4 Å². The number of carbonyl (C=O) groups is 3. The number of carboxylic acids is 2. The Morgan fingerprint density at radius 3 is 2.46 bits per heavy atom. The first-order chi connectivity index (χ1) is 12.4. The van der Waals surface area contributed by atoms with Gasteiger partial charge in [-0.2, -0.15) is 0 Å². The molecule has 1 aliphatic rings. The van der Waals surface area contributed by atoms with Crippen molar-refractivity contribution in [2.75, 3.05) is 6.54 Å². The van der Waals surface area contributed by atoms with Crippen LogP contribution < -0.4 is 0 Å². The molecule has 1 saturated heterocycles. The van der Waals surface area contributed by atoms with Gasteiger partial charge in [0.25, 0.3) is 5.91 Å². The predicted octanol–water partition coefficient (Wildman–Crippen LogP) is 2.46. The van der Waals surface area contributed by atoms with E-state index < -0.39 is 24.4 Å². The van der Waals surface area contributed by atoms with E-state index in [2.05, 4.69) is 0 Å². The van der Waals surface area contributed by atoms with Crippen LogP contribution in [-0.2, 0) is 9.59 Å². The van der Waals surface area contributed by atoms with Gasteiger partial charge in [-0.05, 0) is 42.5 Å². The number of carboxylic acid groups (broad SMARTS) is 2. The van der Waals surface area contributed by atoms with E-state index in [0.29, 0.717) is 10.6 Å². The Kier molecular flexibility index (Phi) is 4.92. The molecule has 1 fully saturated rings. The molecule has 2 heterocycles. The maximum atomic E-state index is 12.4. The molecule has 0 spiro atoms. The third-order valence-electron chi connectivity index (χ3n) is 3.62. The molecule has 0 bridgehead atoms. The molecule has 0 atom stereocenters. The summed E-state index contributed by atoms with van der Waals surface area (Å²) >= 11 is 6.12. The summed E-state index contributed by atoms with van der Waals surface area (Å²) in [6.07, 6.45) is 3.41. The fourth-order valence-electron chi connectivity index (χ4n) is 2.42. The van der Waals surface area contributed by atoms with Crippen LogP contribution in [0.2, 0.25) is 0 Å². The van der Waals surface area contributed by atoms with E-state index in [0.717, 1.165) is 22.3 Å². The van der Waals surface area contributed by atoms with Crippen molar-refractivity contribution >= 4 is 52.2 Å². The smallest absolute Gasteiger partial charge is 0.335 e. The van der Waals surface area contributed by atoms with Crippen molar-refractivity contribution in [3.63, 3.8) is 0 Å². The first-order valence-corrected chi connectivity index (χ1v) is 8.57. The number of hydrogen-bond acceptors (Lipinski definition) is 5. The van der Waals surface area contributed by atoms with Crippen LogP contribution in [-0.4, -0.2) is 48.4 Å². The van der Waals surface area contributed by atoms with Gasteiger partial charge in [0.1, 0.15) is 10.9 Å². The second-order valence-electron chi connectivity index (χ2n) is 5.32. The zero-order valence-corrected chi connectivity index (χ0v) is 14.8. The summed E-state index contributed by atoms with van der Waals surface area (Å²) < 4.78 is 1.99. The number of rotatable bonds is 5. The van der Waals surface area contributed by atoms with Crippen LogP contribution in [0.4, 0.5) is 0 Å². The van der Waals surface area contributed by atoms with Crippen LogP contribution >= 0.6 is 24.0 Å². The molecule has 1 aliphatic heterocycles. The number of aliphatic carboxylic acids is 1. The lowest BCUT2D eigenvalue weighted by Gasteiger charge is -2.10. The molecule has 2 N–H and O–H groups in total. The summed E-state index contributed by atoms with van der Waals surface area (Å²) in [6, 6.07) is 9.89. The van der Waals surface area contributed by atoms with E-state index in [1.807, 2.05) is 0 Å². The summed E-state index contributed by atoms with van der Waals surface area (Å²) in [7, 11) is 0. The van der Waals surface area contributed by atoms with Crippen molar-refractivity contribution < 1.29 is 24.6 Å². The van der Waals surface area contributed by atoms with E-state index in [1.165, 1.54) is 12.1 Å². The minimum atomic E-state index is -1.13. The van der Waals surface area contributed by atoms with Gasteiger partial charge in [0.15, 0.2) is 0 Å². The standard InChI is InChI=1S/C17H12N2O5S2/c20-14(21)9-19-15(22)13(26-17(19)25)8-12-2-1-7-18(12)11-5-3-10(4-6-11)16(23)24/h1-8H,9H2,(H,20,21)(H,23,24)/b13-8+. The van der Waals surface area contributed by atoms with Gasteiger partial charge in [-0.25, -0.2) is 4.79 Å². The van der Waals surface area contributed by atoms with Gasteiger partial charge in [-0.15, -0.1) is 0 Å². The van der Waals surface area contributed by atoms with E-state index in [9.17, 15) is 14.4 Å². The molecule has 0 radical (unpaired) electrons. The number of benzene rings is 1. The van der Waals surface area contributed by atoms with Crippen molar-refractivity contribution in [3.05, 3.63) is 58.8 Å². The fourth-order valence-corrected chi connectivity index (χ4v) is 3.66. The van der Waals surface area contributed by atoms with Gasteiger partial charge < -0.3 is 14.8 Å². The molecule has 1 amide bonds. The van der Waals surface area contributed by atoms with Crippen LogP contribution in [0, 0.1) is 0 Å². The minimum absolute atomic E-state index is 0.178. The lowest BCUT2D eigenvalue weighted by Crippen LogP contribution is -2.33. The highest BCUT2D eigenvalue weighted by Gasteiger charge is 2.33. The molecule has 0 unspecified atom stereocenters. The molecule has 1 aromatic heterocycles. The second kappa shape index (κ2) is 7.14. The molecular formula is C17H12N2O5S2. The van der Waals surface area contributed by atoms with Gasteiger partial charge in [0, 0.05) is 17.6 Å². The lowest BCUT2D eigenvalue weighted by molar-refractivity contribution is -0.140. The molecule has 2 aromatic rings. The molecule has 0 aliphatic carbocycles. The Balaban J connectivity index is 1.90. The zero-order chi connectivity index (χ0) is 18.8. The van der Waals surface area contributed by atoms with Crippen molar-refractivity contribution in [3.8, 4) is 5.69 Å². The molecule has 9 heteroatoms. The molecule has 0 saturated carbocycles. The number of nitrogens with zero attached hydrogens (tertiary/aromatic N) is 2. The van der Waals surface area contributed by atoms with E-state index >= 15 is 0 Å². The van der Waals surface area contributed by atoms with E-state index in [-0.39, 0.29) is 9.88 Å². The first kappa shape index (κ1) is 17.9. The Morgan fingerprint density at radius 2 is 1.85 bits per heavy atom. The number of thioether (sulfide) groups is 1. The Labute approximate surface area is 157 Å². The van der Waals surface area contributed by atoms with Gasteiger partial charge in [-0.1, -0.05) is 24.0 Å². The summed E-state index contributed by atoms with van der Waals surface area (Å²) in [5.74, 6) is -2.59. The number of hydrogen-bond donors (Lipinski definition) is 2. The van der Waals surface area contributed by atoms with Crippen LogP contribution in [0.3, 0.4) is 0 Å². The van der Waals surface area contributed by atoms with Crippen molar-refractivity contribution in [1.29, 1.82) is 0 Å².